The van der Waals surface area contributed by atoms with Gasteiger partial charge in [-0.2, -0.15) is 0 Å². The van der Waals surface area contributed by atoms with Crippen LogP contribution in [0.3, 0.4) is 0 Å². The first-order valence-corrected chi connectivity index (χ1v) is 24.7. The maximum Gasteiger partial charge on any atom is 0.306 e. The summed E-state index contributed by atoms with van der Waals surface area (Å²) in [5, 5.41) is 0. The Balaban J connectivity index is 4.51. The summed E-state index contributed by atoms with van der Waals surface area (Å²) in [4.78, 5) is 37.8. The van der Waals surface area contributed by atoms with E-state index in [1.54, 1.807) is 0 Å². The van der Waals surface area contributed by atoms with Crippen molar-refractivity contribution >= 4 is 17.9 Å². The second kappa shape index (κ2) is 49.0. The zero-order chi connectivity index (χ0) is 44.4. The van der Waals surface area contributed by atoms with E-state index >= 15 is 0 Å². The summed E-state index contributed by atoms with van der Waals surface area (Å²) in [6.07, 6.45) is 64.0. The lowest BCUT2D eigenvalue weighted by atomic mass is 10.1. The van der Waals surface area contributed by atoms with E-state index in [2.05, 4.69) is 106 Å². The van der Waals surface area contributed by atoms with Gasteiger partial charge in [-0.25, -0.2) is 0 Å². The first-order chi connectivity index (χ1) is 30.0. The minimum Gasteiger partial charge on any atom is -0.462 e. The average Bonchev–Trinajstić information content (AvgIpc) is 3.26. The monoisotopic (exact) mass is 847 g/mol. The summed E-state index contributed by atoms with van der Waals surface area (Å²) in [7, 11) is 0. The molecule has 6 heteroatoms. The molecule has 6 nitrogen and oxygen atoms in total. The molecule has 0 aromatic heterocycles. The van der Waals surface area contributed by atoms with Gasteiger partial charge in [-0.05, 0) is 109 Å². The largest absolute Gasteiger partial charge is 0.462 e. The Kier molecular flexibility index (Phi) is 46.0. The van der Waals surface area contributed by atoms with E-state index in [4.69, 9.17) is 14.2 Å². The highest BCUT2D eigenvalue weighted by Gasteiger charge is 2.19. The van der Waals surface area contributed by atoms with Crippen molar-refractivity contribution in [2.24, 2.45) is 0 Å². The van der Waals surface area contributed by atoms with Crippen LogP contribution >= 0.6 is 0 Å². The molecule has 0 amide bonds. The predicted molar refractivity (Wildman–Crippen MR) is 260 cm³/mol. The van der Waals surface area contributed by atoms with E-state index in [-0.39, 0.29) is 37.5 Å². The van der Waals surface area contributed by atoms with E-state index in [1.807, 2.05) is 12.2 Å². The predicted octanol–water partition coefficient (Wildman–Crippen LogP) is 16.2. The van der Waals surface area contributed by atoms with E-state index in [0.717, 1.165) is 103 Å². The summed E-state index contributed by atoms with van der Waals surface area (Å²) in [6, 6.07) is 0. The van der Waals surface area contributed by atoms with Crippen LogP contribution in [0, 0.1) is 0 Å². The first-order valence-electron chi connectivity index (χ1n) is 24.7. The van der Waals surface area contributed by atoms with Crippen LogP contribution in [0.25, 0.3) is 0 Å². The van der Waals surface area contributed by atoms with E-state index in [1.165, 1.54) is 64.2 Å². The molecule has 346 valence electrons. The third kappa shape index (κ3) is 47.2. The number of esters is 3. The number of carbonyl (C=O) groups excluding carboxylic acids is 3. The molecule has 1 atom stereocenters. The zero-order valence-corrected chi connectivity index (χ0v) is 39.4. The number of unbranched alkanes of at least 4 members (excludes halogenated alkanes) is 16. The lowest BCUT2D eigenvalue weighted by Gasteiger charge is -2.18. The van der Waals surface area contributed by atoms with Crippen molar-refractivity contribution in [1.82, 2.24) is 0 Å². The van der Waals surface area contributed by atoms with Crippen LogP contribution in [0.2, 0.25) is 0 Å². The van der Waals surface area contributed by atoms with Crippen molar-refractivity contribution in [3.63, 3.8) is 0 Å². The number of rotatable bonds is 43. The molecule has 0 saturated carbocycles. The number of ether oxygens (including phenoxy) is 3. The first kappa shape index (κ1) is 57.3. The minimum absolute atomic E-state index is 0.110. The second-order valence-corrected chi connectivity index (χ2v) is 16.0. The lowest BCUT2D eigenvalue weighted by Crippen LogP contribution is -2.30. The van der Waals surface area contributed by atoms with Crippen molar-refractivity contribution in [1.29, 1.82) is 0 Å². The fourth-order valence-electron chi connectivity index (χ4n) is 6.34. The van der Waals surface area contributed by atoms with Gasteiger partial charge in [0.2, 0.25) is 0 Å². The Morgan fingerprint density at radius 1 is 0.344 bits per heavy atom. The van der Waals surface area contributed by atoms with Crippen molar-refractivity contribution < 1.29 is 28.6 Å². The average molecular weight is 847 g/mol. The lowest BCUT2D eigenvalue weighted by molar-refractivity contribution is -0.166. The Bertz CT molecular complexity index is 1250. The van der Waals surface area contributed by atoms with Gasteiger partial charge in [-0.15, -0.1) is 0 Å². The molecule has 0 bridgehead atoms. The highest BCUT2D eigenvalue weighted by molar-refractivity contribution is 5.71. The molecule has 0 heterocycles. The molecule has 0 radical (unpaired) electrons. The molecule has 0 N–H and O–H groups in total. The topological polar surface area (TPSA) is 78.9 Å². The number of hydrogen-bond donors (Lipinski definition) is 0. The van der Waals surface area contributed by atoms with Crippen LogP contribution in [0.15, 0.2) is 97.2 Å². The van der Waals surface area contributed by atoms with Crippen molar-refractivity contribution in [3.05, 3.63) is 97.2 Å². The molecule has 1 unspecified atom stereocenters. The molecule has 0 aromatic rings. The van der Waals surface area contributed by atoms with Crippen LogP contribution in [0.5, 0.6) is 0 Å². The van der Waals surface area contributed by atoms with Gasteiger partial charge >= 0.3 is 17.9 Å². The quantitative estimate of drug-likeness (QED) is 0.0263. The highest BCUT2D eigenvalue weighted by atomic mass is 16.6. The SMILES string of the molecule is CC/C=C\C/C=C\C/C=C\C/C=C\C/C=C\C/C=C\CCC(=O)OCC(COC(=O)CCCCCCC/C=C\CCCCC)OC(=O)CCCCCCC/C=C\CCCCC. The molecule has 0 spiro atoms. The van der Waals surface area contributed by atoms with Crippen molar-refractivity contribution in [3.8, 4) is 0 Å². The summed E-state index contributed by atoms with van der Waals surface area (Å²) in [6.45, 7) is 6.37. The molecule has 0 aliphatic heterocycles. The Labute approximate surface area is 375 Å². The fourth-order valence-corrected chi connectivity index (χ4v) is 6.34. The molecule has 61 heavy (non-hydrogen) atoms. The summed E-state index contributed by atoms with van der Waals surface area (Å²) in [5.74, 6) is -1.02. The molecule has 0 fully saturated rings. The van der Waals surface area contributed by atoms with Gasteiger partial charge in [0, 0.05) is 19.3 Å². The Morgan fingerprint density at radius 2 is 0.672 bits per heavy atom. The summed E-state index contributed by atoms with van der Waals surface area (Å²) in [5.41, 5.74) is 0. The summed E-state index contributed by atoms with van der Waals surface area (Å²) < 4.78 is 16.7. The van der Waals surface area contributed by atoms with Gasteiger partial charge in [-0.1, -0.05) is 182 Å². The molecular weight excluding hydrogens is 757 g/mol. The number of carbonyl (C=O) groups is 3. The maximum atomic E-state index is 12.7. The van der Waals surface area contributed by atoms with Gasteiger partial charge < -0.3 is 14.2 Å². The van der Waals surface area contributed by atoms with Gasteiger partial charge in [0.05, 0.1) is 0 Å². The normalized spacial score (nSPS) is 12.9. The molecule has 0 aliphatic carbocycles. The fraction of sp³-hybridized carbons (Fsp3) is 0.655. The van der Waals surface area contributed by atoms with Crippen LogP contribution < -0.4 is 0 Å². The van der Waals surface area contributed by atoms with Crippen molar-refractivity contribution in [2.45, 2.75) is 219 Å². The van der Waals surface area contributed by atoms with Gasteiger partial charge in [0.25, 0.3) is 0 Å². The van der Waals surface area contributed by atoms with Gasteiger partial charge in [-0.3, -0.25) is 14.4 Å². The van der Waals surface area contributed by atoms with Crippen LogP contribution in [0.1, 0.15) is 213 Å². The Morgan fingerprint density at radius 3 is 1.10 bits per heavy atom. The standard InChI is InChI=1S/C55H90O6/c1-4-7-10-13-16-19-22-25-26-27-28-29-30-31-34-36-39-42-45-48-54(57)60-51-52(61-55(58)49-46-43-40-37-33-24-21-18-15-12-9-6-3)50-59-53(56)47-44-41-38-35-32-23-20-17-14-11-8-5-2/h7,10,16-21,25-26,28-29,31,34,39,42,52H,4-6,8-9,11-15,22-24,27,30,32-33,35-38,40-41,43-51H2,1-3H3/b10-7-,19-16-,20-17-,21-18-,26-25-,29-28-,34-31-,42-39-. The van der Waals surface area contributed by atoms with Gasteiger partial charge in [0.15, 0.2) is 6.10 Å². The van der Waals surface area contributed by atoms with Crippen LogP contribution in [-0.2, 0) is 28.6 Å². The number of allylic oxidation sites excluding steroid dienone is 16. The zero-order valence-electron chi connectivity index (χ0n) is 39.4. The van der Waals surface area contributed by atoms with Crippen molar-refractivity contribution in [2.75, 3.05) is 13.2 Å². The third-order valence-electron chi connectivity index (χ3n) is 10.1. The smallest absolute Gasteiger partial charge is 0.306 e. The Hall–Kier alpha value is -3.67. The minimum atomic E-state index is -0.814. The molecular formula is C55H90O6. The molecule has 0 saturated heterocycles. The van der Waals surface area contributed by atoms with E-state index < -0.39 is 6.10 Å². The van der Waals surface area contributed by atoms with Gasteiger partial charge in [0.1, 0.15) is 13.2 Å². The maximum absolute atomic E-state index is 12.7. The van der Waals surface area contributed by atoms with E-state index in [9.17, 15) is 14.4 Å². The second-order valence-electron chi connectivity index (χ2n) is 16.0. The molecule has 0 rings (SSSR count). The third-order valence-corrected chi connectivity index (χ3v) is 10.1. The highest BCUT2D eigenvalue weighted by Crippen LogP contribution is 2.12. The van der Waals surface area contributed by atoms with E-state index in [0.29, 0.717) is 19.3 Å². The van der Waals surface area contributed by atoms with Crippen LogP contribution in [0.4, 0.5) is 0 Å². The van der Waals surface area contributed by atoms with Crippen LogP contribution in [-0.4, -0.2) is 37.2 Å². The number of hydrogen-bond acceptors (Lipinski definition) is 6. The molecule has 0 aliphatic rings. The summed E-state index contributed by atoms with van der Waals surface area (Å²) >= 11 is 0. The molecule has 0 aromatic carbocycles.